The number of thioether (sulfide) groups is 1. The Hall–Kier alpha value is -1.41. The van der Waals surface area contributed by atoms with Crippen LogP contribution in [-0.2, 0) is 11.3 Å². The molecule has 1 heterocycles. The lowest BCUT2D eigenvalue weighted by atomic mass is 9.84. The van der Waals surface area contributed by atoms with Crippen LogP contribution >= 0.6 is 11.8 Å². The fourth-order valence-electron chi connectivity index (χ4n) is 2.44. The Labute approximate surface area is 127 Å². The summed E-state index contributed by atoms with van der Waals surface area (Å²) in [6.45, 7) is 1.33. The molecule has 1 fully saturated rings. The number of nitrogens with one attached hydrogen (secondary N) is 2. The third-order valence-corrected chi connectivity index (χ3v) is 5.46. The van der Waals surface area contributed by atoms with E-state index in [9.17, 15) is 9.59 Å². The number of rotatable bonds is 7. The van der Waals surface area contributed by atoms with Gasteiger partial charge < -0.3 is 15.8 Å². The van der Waals surface area contributed by atoms with E-state index in [0.29, 0.717) is 19.7 Å². The Morgan fingerprint density at radius 2 is 2.19 bits per heavy atom. The van der Waals surface area contributed by atoms with Crippen LogP contribution in [0.3, 0.4) is 0 Å². The summed E-state index contributed by atoms with van der Waals surface area (Å²) >= 11 is 1.81. The van der Waals surface area contributed by atoms with Gasteiger partial charge in [0.05, 0.1) is 13.2 Å². The van der Waals surface area contributed by atoms with Crippen LogP contribution in [0, 0.1) is 0 Å². The number of nitrogens with zero attached hydrogens (tertiary/aromatic N) is 1. The highest BCUT2D eigenvalue weighted by Crippen LogP contribution is 2.42. The van der Waals surface area contributed by atoms with Crippen molar-refractivity contribution in [3.8, 4) is 0 Å². The lowest BCUT2D eigenvalue weighted by molar-refractivity contribution is 0.186. The molecule has 0 unspecified atom stereocenters. The molecule has 0 aromatic carbocycles. The second-order valence-electron chi connectivity index (χ2n) is 5.26. The molecule has 1 aromatic rings. The molecule has 1 aromatic heterocycles. The second kappa shape index (κ2) is 6.57. The topological polar surface area (TPSA) is 102 Å². The molecule has 0 aliphatic heterocycles. The quantitative estimate of drug-likeness (QED) is 0.676. The minimum Gasteiger partial charge on any atom is -0.383 e. The minimum absolute atomic E-state index is 0.163. The summed E-state index contributed by atoms with van der Waals surface area (Å²) in [6.07, 6.45) is 5.54. The first-order valence-corrected chi connectivity index (χ1v) is 8.16. The van der Waals surface area contributed by atoms with E-state index in [1.54, 1.807) is 7.11 Å². The highest BCUT2D eigenvalue weighted by Gasteiger charge is 2.36. The number of nitrogen functional groups attached to an aromatic ring is 1. The van der Waals surface area contributed by atoms with Gasteiger partial charge in [0.15, 0.2) is 0 Å². The summed E-state index contributed by atoms with van der Waals surface area (Å²) in [5, 5.41) is 3.13. The van der Waals surface area contributed by atoms with E-state index in [-0.39, 0.29) is 16.3 Å². The molecule has 0 atom stereocenters. The van der Waals surface area contributed by atoms with Crippen molar-refractivity contribution < 1.29 is 4.74 Å². The maximum Gasteiger partial charge on any atom is 0.330 e. The largest absolute Gasteiger partial charge is 0.383 e. The van der Waals surface area contributed by atoms with Gasteiger partial charge in [0.2, 0.25) is 0 Å². The Morgan fingerprint density at radius 3 is 2.71 bits per heavy atom. The number of anilines is 2. The molecule has 118 valence electrons. The van der Waals surface area contributed by atoms with Crippen LogP contribution in [0.5, 0.6) is 0 Å². The molecule has 4 N–H and O–H groups in total. The Bertz CT molecular complexity index is 601. The van der Waals surface area contributed by atoms with Gasteiger partial charge in [-0.3, -0.25) is 14.3 Å². The van der Waals surface area contributed by atoms with Gasteiger partial charge in [-0.15, -0.1) is 0 Å². The molecular formula is C13H22N4O3S. The van der Waals surface area contributed by atoms with Crippen LogP contribution < -0.4 is 22.3 Å². The fraction of sp³-hybridized carbons (Fsp3) is 0.692. The molecule has 0 spiro atoms. The van der Waals surface area contributed by atoms with Crippen molar-refractivity contribution in [2.75, 3.05) is 37.6 Å². The number of nitrogens with two attached hydrogens (primary N) is 1. The molecule has 0 radical (unpaired) electrons. The molecule has 8 heteroatoms. The molecule has 1 saturated carbocycles. The summed E-state index contributed by atoms with van der Waals surface area (Å²) in [5.74, 6) is 0.163. The first kappa shape index (κ1) is 16.0. The van der Waals surface area contributed by atoms with Gasteiger partial charge in [0.25, 0.3) is 5.56 Å². The van der Waals surface area contributed by atoms with E-state index in [2.05, 4.69) is 16.6 Å². The highest BCUT2D eigenvalue weighted by atomic mass is 32.2. The zero-order valence-electron chi connectivity index (χ0n) is 12.4. The standard InChI is InChI=1S/C13H22N4O3S/c1-20-7-6-17-10(14)9(11(18)16-12(17)19)15-8-13(21-2)4-3-5-13/h15H,3-8,14H2,1-2H3,(H,16,18,19). The number of hydrogen-bond acceptors (Lipinski definition) is 6. The van der Waals surface area contributed by atoms with Gasteiger partial charge in [-0.05, 0) is 19.1 Å². The van der Waals surface area contributed by atoms with Gasteiger partial charge in [-0.2, -0.15) is 11.8 Å². The molecule has 2 rings (SSSR count). The third-order valence-electron chi connectivity index (χ3n) is 4.04. The van der Waals surface area contributed by atoms with E-state index in [1.807, 2.05) is 11.8 Å². The lowest BCUT2D eigenvalue weighted by Gasteiger charge is -2.40. The highest BCUT2D eigenvalue weighted by molar-refractivity contribution is 8.00. The molecule has 7 nitrogen and oxygen atoms in total. The number of H-pyrrole nitrogens is 1. The summed E-state index contributed by atoms with van der Waals surface area (Å²) in [4.78, 5) is 26.0. The van der Waals surface area contributed by atoms with Crippen molar-refractivity contribution in [1.29, 1.82) is 0 Å². The monoisotopic (exact) mass is 314 g/mol. The SMILES string of the molecule is COCCn1c(N)c(NCC2(SC)CCC2)c(=O)[nH]c1=O. The molecule has 1 aliphatic carbocycles. The van der Waals surface area contributed by atoms with Gasteiger partial charge in [-0.25, -0.2) is 4.79 Å². The van der Waals surface area contributed by atoms with Crippen molar-refractivity contribution in [1.82, 2.24) is 9.55 Å². The zero-order chi connectivity index (χ0) is 15.5. The molecule has 0 bridgehead atoms. The smallest absolute Gasteiger partial charge is 0.330 e. The normalized spacial score (nSPS) is 16.5. The van der Waals surface area contributed by atoms with Crippen LogP contribution in [-0.4, -0.2) is 40.8 Å². The maximum atomic E-state index is 11.9. The average Bonchev–Trinajstić information content (AvgIpc) is 2.40. The molecule has 0 saturated heterocycles. The van der Waals surface area contributed by atoms with Crippen molar-refractivity contribution in [3.05, 3.63) is 20.8 Å². The predicted octanol–water partition coefficient (Wildman–Crippen LogP) is 0.463. The number of ether oxygens (including phenoxy) is 1. The summed E-state index contributed by atoms with van der Waals surface area (Å²) < 4.78 is 6.45. The van der Waals surface area contributed by atoms with Crippen LogP contribution in [0.1, 0.15) is 19.3 Å². The third kappa shape index (κ3) is 3.26. The van der Waals surface area contributed by atoms with Crippen LogP contribution in [0.25, 0.3) is 0 Å². The average molecular weight is 314 g/mol. The van der Waals surface area contributed by atoms with Gasteiger partial charge in [0, 0.05) is 18.4 Å². The lowest BCUT2D eigenvalue weighted by Crippen LogP contribution is -2.42. The zero-order valence-corrected chi connectivity index (χ0v) is 13.2. The summed E-state index contributed by atoms with van der Waals surface area (Å²) in [7, 11) is 1.55. The summed E-state index contributed by atoms with van der Waals surface area (Å²) in [6, 6.07) is 0. The number of aromatic amines is 1. The van der Waals surface area contributed by atoms with Crippen molar-refractivity contribution in [3.63, 3.8) is 0 Å². The first-order valence-electron chi connectivity index (χ1n) is 6.93. The Morgan fingerprint density at radius 1 is 1.48 bits per heavy atom. The van der Waals surface area contributed by atoms with E-state index in [1.165, 1.54) is 11.0 Å². The van der Waals surface area contributed by atoms with Gasteiger partial charge in [0.1, 0.15) is 11.5 Å². The maximum absolute atomic E-state index is 11.9. The molecular weight excluding hydrogens is 292 g/mol. The molecule has 21 heavy (non-hydrogen) atoms. The first-order chi connectivity index (χ1) is 10.0. The van der Waals surface area contributed by atoms with Crippen LogP contribution in [0.15, 0.2) is 9.59 Å². The number of methoxy groups -OCH3 is 1. The van der Waals surface area contributed by atoms with Crippen molar-refractivity contribution in [2.45, 2.75) is 30.6 Å². The number of hydrogen-bond donors (Lipinski definition) is 3. The predicted molar refractivity (Wildman–Crippen MR) is 86.2 cm³/mol. The Kier molecular flexibility index (Phi) is 5.00. The van der Waals surface area contributed by atoms with Crippen LogP contribution in [0.4, 0.5) is 11.5 Å². The van der Waals surface area contributed by atoms with E-state index in [4.69, 9.17) is 10.5 Å². The van der Waals surface area contributed by atoms with Crippen molar-refractivity contribution in [2.24, 2.45) is 0 Å². The fourth-order valence-corrected chi connectivity index (χ4v) is 3.35. The second-order valence-corrected chi connectivity index (χ2v) is 6.53. The Balaban J connectivity index is 2.22. The molecule has 0 amide bonds. The summed E-state index contributed by atoms with van der Waals surface area (Å²) in [5.41, 5.74) is 5.26. The van der Waals surface area contributed by atoms with Gasteiger partial charge in [-0.1, -0.05) is 6.42 Å². The van der Waals surface area contributed by atoms with E-state index < -0.39 is 11.2 Å². The van der Waals surface area contributed by atoms with E-state index in [0.717, 1.165) is 12.8 Å². The molecule has 1 aliphatic rings. The van der Waals surface area contributed by atoms with Crippen molar-refractivity contribution >= 4 is 23.3 Å². The van der Waals surface area contributed by atoms with Gasteiger partial charge >= 0.3 is 5.69 Å². The minimum atomic E-state index is -0.511. The number of aromatic nitrogens is 2. The van der Waals surface area contributed by atoms with Crippen LogP contribution in [0.2, 0.25) is 0 Å². The van der Waals surface area contributed by atoms with E-state index >= 15 is 0 Å².